The lowest BCUT2D eigenvalue weighted by Crippen LogP contribution is -2.25. The smallest absolute Gasteiger partial charge is 0.267 e. The Hall–Kier alpha value is -0.610. The van der Waals surface area contributed by atoms with E-state index in [9.17, 15) is 8.42 Å². The SMILES string of the molecule is C#CCOC[C@H](O)CS(=O)(=O)O. The lowest BCUT2D eigenvalue weighted by Gasteiger charge is -2.06. The molecule has 0 spiro atoms. The third kappa shape index (κ3) is 7.50. The zero-order valence-corrected chi connectivity index (χ0v) is 7.12. The first kappa shape index (κ1) is 11.4. The highest BCUT2D eigenvalue weighted by Crippen LogP contribution is 1.91. The molecule has 2 N–H and O–H groups in total. The second-order valence-corrected chi connectivity index (χ2v) is 3.62. The monoisotopic (exact) mass is 194 g/mol. The van der Waals surface area contributed by atoms with E-state index in [1.807, 2.05) is 0 Å². The van der Waals surface area contributed by atoms with Gasteiger partial charge in [-0.1, -0.05) is 5.92 Å². The maximum Gasteiger partial charge on any atom is 0.267 e. The van der Waals surface area contributed by atoms with Crippen LogP contribution in [0.2, 0.25) is 0 Å². The molecule has 0 fully saturated rings. The fraction of sp³-hybridized carbons (Fsp3) is 0.667. The van der Waals surface area contributed by atoms with E-state index < -0.39 is 22.0 Å². The van der Waals surface area contributed by atoms with Gasteiger partial charge in [-0.3, -0.25) is 4.55 Å². The lowest BCUT2D eigenvalue weighted by molar-refractivity contribution is 0.0630. The van der Waals surface area contributed by atoms with E-state index in [1.165, 1.54) is 0 Å². The van der Waals surface area contributed by atoms with Crippen molar-refractivity contribution >= 4 is 10.1 Å². The van der Waals surface area contributed by atoms with Gasteiger partial charge >= 0.3 is 0 Å². The molecule has 0 saturated carbocycles. The summed E-state index contributed by atoms with van der Waals surface area (Å²) in [5.74, 6) is 1.40. The Morgan fingerprint density at radius 3 is 2.58 bits per heavy atom. The first-order chi connectivity index (χ1) is 5.45. The summed E-state index contributed by atoms with van der Waals surface area (Å²) in [7, 11) is -4.14. The molecule has 0 heterocycles. The van der Waals surface area contributed by atoms with Gasteiger partial charge in [-0.15, -0.1) is 6.42 Å². The van der Waals surface area contributed by atoms with Crippen molar-refractivity contribution in [3.05, 3.63) is 0 Å². The molecule has 1 atom stereocenters. The van der Waals surface area contributed by atoms with E-state index in [4.69, 9.17) is 16.1 Å². The summed E-state index contributed by atoms with van der Waals surface area (Å²) in [6.45, 7) is -0.202. The van der Waals surface area contributed by atoms with Crippen LogP contribution in [-0.4, -0.2) is 43.1 Å². The van der Waals surface area contributed by atoms with Gasteiger partial charge in [0.15, 0.2) is 0 Å². The molecule has 5 nitrogen and oxygen atoms in total. The Kier molecular flexibility index (Phi) is 4.85. The summed E-state index contributed by atoms with van der Waals surface area (Å²) in [4.78, 5) is 0. The molecule has 0 radical (unpaired) electrons. The maximum atomic E-state index is 10.2. The summed E-state index contributed by atoms with van der Waals surface area (Å²) in [6.07, 6.45) is 3.58. The highest BCUT2D eigenvalue weighted by atomic mass is 32.2. The number of hydrogen-bond acceptors (Lipinski definition) is 4. The summed E-state index contributed by atoms with van der Waals surface area (Å²) < 4.78 is 33.2. The molecule has 0 bridgehead atoms. The standard InChI is InChI=1S/C6H10O5S/c1-2-3-11-4-6(7)5-12(8,9)10/h1,6-7H,3-5H2,(H,8,9,10)/t6-/m0/s1. The van der Waals surface area contributed by atoms with Crippen LogP contribution < -0.4 is 0 Å². The van der Waals surface area contributed by atoms with Gasteiger partial charge in [0.1, 0.15) is 12.4 Å². The molecule has 0 aliphatic carbocycles. The minimum absolute atomic E-state index is 0.00252. The maximum absolute atomic E-state index is 10.2. The Bertz CT molecular complexity index is 250. The summed E-state index contributed by atoms with van der Waals surface area (Å²) in [6, 6.07) is 0. The van der Waals surface area contributed by atoms with Crippen LogP contribution in [0.4, 0.5) is 0 Å². The van der Waals surface area contributed by atoms with E-state index in [-0.39, 0.29) is 13.2 Å². The molecule has 0 aromatic rings. The summed E-state index contributed by atoms with van der Waals surface area (Å²) >= 11 is 0. The van der Waals surface area contributed by atoms with Crippen molar-refractivity contribution < 1.29 is 22.8 Å². The molecule has 0 unspecified atom stereocenters. The van der Waals surface area contributed by atoms with E-state index in [1.54, 1.807) is 0 Å². The Morgan fingerprint density at radius 1 is 1.58 bits per heavy atom. The van der Waals surface area contributed by atoms with Crippen LogP contribution in [0.5, 0.6) is 0 Å². The van der Waals surface area contributed by atoms with Gasteiger partial charge in [0.2, 0.25) is 0 Å². The van der Waals surface area contributed by atoms with Crippen molar-refractivity contribution in [3.63, 3.8) is 0 Å². The Morgan fingerprint density at radius 2 is 2.17 bits per heavy atom. The van der Waals surface area contributed by atoms with Crippen molar-refractivity contribution in [3.8, 4) is 12.3 Å². The normalized spacial score (nSPS) is 13.8. The molecule has 0 aromatic heterocycles. The van der Waals surface area contributed by atoms with Crippen molar-refractivity contribution in [1.29, 1.82) is 0 Å². The molecule has 0 aliphatic rings. The molecule has 0 saturated heterocycles. The zero-order chi connectivity index (χ0) is 9.61. The third-order valence-electron chi connectivity index (χ3n) is 0.899. The topological polar surface area (TPSA) is 83.8 Å². The predicted octanol–water partition coefficient (Wildman–Crippen LogP) is -1.12. The van der Waals surface area contributed by atoms with Crippen LogP contribution in [0.1, 0.15) is 0 Å². The highest BCUT2D eigenvalue weighted by Gasteiger charge is 2.13. The fourth-order valence-electron chi connectivity index (χ4n) is 0.545. The molecule has 0 aliphatic heterocycles. The quantitative estimate of drug-likeness (QED) is 0.329. The molecule has 12 heavy (non-hydrogen) atoms. The van der Waals surface area contributed by atoms with Gasteiger partial charge in [-0.25, -0.2) is 0 Å². The van der Waals surface area contributed by atoms with Crippen molar-refractivity contribution in [2.45, 2.75) is 6.10 Å². The van der Waals surface area contributed by atoms with Crippen LogP contribution in [0, 0.1) is 12.3 Å². The molecular weight excluding hydrogens is 184 g/mol. The molecule has 6 heteroatoms. The van der Waals surface area contributed by atoms with Crippen molar-refractivity contribution in [1.82, 2.24) is 0 Å². The van der Waals surface area contributed by atoms with E-state index in [0.29, 0.717) is 0 Å². The number of aliphatic hydroxyl groups excluding tert-OH is 1. The van der Waals surface area contributed by atoms with Crippen molar-refractivity contribution in [2.75, 3.05) is 19.0 Å². The first-order valence-electron chi connectivity index (χ1n) is 3.10. The molecule has 0 rings (SSSR count). The number of hydrogen-bond donors (Lipinski definition) is 2. The largest absolute Gasteiger partial charge is 0.390 e. The fourth-order valence-corrected chi connectivity index (χ4v) is 1.13. The number of aliphatic hydroxyl groups is 1. The average molecular weight is 194 g/mol. The third-order valence-corrected chi connectivity index (χ3v) is 1.70. The Labute approximate surface area is 71.1 Å². The number of terminal acetylenes is 1. The van der Waals surface area contributed by atoms with E-state index >= 15 is 0 Å². The zero-order valence-electron chi connectivity index (χ0n) is 6.30. The van der Waals surface area contributed by atoms with E-state index in [0.717, 1.165) is 0 Å². The van der Waals surface area contributed by atoms with Crippen LogP contribution in [-0.2, 0) is 14.9 Å². The predicted molar refractivity (Wildman–Crippen MR) is 42.1 cm³/mol. The Balaban J connectivity index is 3.62. The van der Waals surface area contributed by atoms with Crippen LogP contribution in [0.3, 0.4) is 0 Å². The summed E-state index contributed by atoms with van der Waals surface area (Å²) in [5, 5.41) is 8.88. The second kappa shape index (κ2) is 5.11. The van der Waals surface area contributed by atoms with Gasteiger partial charge in [-0.05, 0) is 0 Å². The van der Waals surface area contributed by atoms with E-state index in [2.05, 4.69) is 10.7 Å². The van der Waals surface area contributed by atoms with Crippen LogP contribution in [0.15, 0.2) is 0 Å². The van der Waals surface area contributed by atoms with Gasteiger partial charge < -0.3 is 9.84 Å². The minimum atomic E-state index is -4.14. The van der Waals surface area contributed by atoms with Gasteiger partial charge in [-0.2, -0.15) is 8.42 Å². The molecule has 0 aromatic carbocycles. The lowest BCUT2D eigenvalue weighted by atomic mass is 10.4. The minimum Gasteiger partial charge on any atom is -0.390 e. The summed E-state index contributed by atoms with van der Waals surface area (Å²) in [5.41, 5.74) is 0. The molecule has 0 amide bonds. The second-order valence-electron chi connectivity index (χ2n) is 2.12. The molecular formula is C6H10O5S. The van der Waals surface area contributed by atoms with Crippen molar-refractivity contribution in [2.24, 2.45) is 0 Å². The average Bonchev–Trinajstić information content (AvgIpc) is 1.84. The highest BCUT2D eigenvalue weighted by molar-refractivity contribution is 7.85. The number of ether oxygens (including phenoxy) is 1. The van der Waals surface area contributed by atoms with Gasteiger partial charge in [0.25, 0.3) is 10.1 Å². The van der Waals surface area contributed by atoms with Crippen LogP contribution >= 0.6 is 0 Å². The van der Waals surface area contributed by atoms with Gasteiger partial charge in [0.05, 0.1) is 12.7 Å². The number of rotatable bonds is 5. The van der Waals surface area contributed by atoms with Gasteiger partial charge in [0, 0.05) is 0 Å². The first-order valence-corrected chi connectivity index (χ1v) is 4.71. The molecule has 70 valence electrons. The van der Waals surface area contributed by atoms with Crippen LogP contribution in [0.25, 0.3) is 0 Å².